The quantitative estimate of drug-likeness (QED) is 0.744. The number of benzene rings is 1. The van der Waals surface area contributed by atoms with Gasteiger partial charge < -0.3 is 14.4 Å². The monoisotopic (exact) mass is 339 g/mol. The Morgan fingerprint density at radius 1 is 1.41 bits per heavy atom. The number of hydrogen-bond donors (Lipinski definition) is 0. The first-order chi connectivity index (χ1) is 9.78. The van der Waals surface area contributed by atoms with Gasteiger partial charge in [-0.25, -0.2) is 0 Å². The summed E-state index contributed by atoms with van der Waals surface area (Å²) < 4.78 is 46.3. The Balaban J connectivity index is 0.00000441. The SMILES string of the molecule is C=CC(=O)N(C)Cc1cccc(OC(F)(F)F)c1OCC.Cl. The Labute approximate surface area is 132 Å². The Hall–Kier alpha value is -1.89. The van der Waals surface area contributed by atoms with Crippen molar-refractivity contribution in [2.24, 2.45) is 0 Å². The van der Waals surface area contributed by atoms with Crippen molar-refractivity contribution in [2.45, 2.75) is 19.8 Å². The van der Waals surface area contributed by atoms with Gasteiger partial charge in [-0.2, -0.15) is 0 Å². The fourth-order valence-corrected chi connectivity index (χ4v) is 1.69. The molecule has 0 fully saturated rings. The highest BCUT2D eigenvalue weighted by atomic mass is 35.5. The molecule has 0 bridgehead atoms. The van der Waals surface area contributed by atoms with Gasteiger partial charge in [0.2, 0.25) is 5.91 Å². The van der Waals surface area contributed by atoms with E-state index in [1.54, 1.807) is 13.0 Å². The molecular weight excluding hydrogens is 323 g/mol. The van der Waals surface area contributed by atoms with Crippen LogP contribution in [0, 0.1) is 0 Å². The van der Waals surface area contributed by atoms with Crippen LogP contribution >= 0.6 is 12.4 Å². The molecule has 0 unspecified atom stereocenters. The van der Waals surface area contributed by atoms with Crippen molar-refractivity contribution >= 4 is 18.3 Å². The molecule has 0 saturated heterocycles. The first kappa shape index (κ1) is 20.1. The maximum Gasteiger partial charge on any atom is 0.573 e. The van der Waals surface area contributed by atoms with Gasteiger partial charge in [-0.15, -0.1) is 25.6 Å². The number of para-hydroxylation sites is 1. The largest absolute Gasteiger partial charge is 0.573 e. The number of amides is 1. The molecule has 1 aromatic rings. The van der Waals surface area contributed by atoms with Crippen LogP contribution in [0.15, 0.2) is 30.9 Å². The normalized spacial score (nSPS) is 10.4. The summed E-state index contributed by atoms with van der Waals surface area (Å²) in [6.07, 6.45) is -3.69. The Kier molecular flexibility index (Phi) is 7.80. The molecule has 1 rings (SSSR count). The third kappa shape index (κ3) is 5.85. The maximum absolute atomic E-state index is 12.4. The minimum absolute atomic E-state index is 0. The third-order valence-corrected chi connectivity index (χ3v) is 2.53. The molecule has 0 aliphatic rings. The molecule has 0 radical (unpaired) electrons. The van der Waals surface area contributed by atoms with Gasteiger partial charge in [0.05, 0.1) is 6.61 Å². The molecule has 0 aliphatic carbocycles. The fraction of sp³-hybridized carbons (Fsp3) is 0.357. The van der Waals surface area contributed by atoms with Crippen molar-refractivity contribution in [1.82, 2.24) is 4.90 Å². The first-order valence-corrected chi connectivity index (χ1v) is 6.16. The fourth-order valence-electron chi connectivity index (χ4n) is 1.69. The summed E-state index contributed by atoms with van der Waals surface area (Å²) >= 11 is 0. The molecule has 1 amide bonds. The van der Waals surface area contributed by atoms with Crippen LogP contribution in [0.25, 0.3) is 0 Å². The molecule has 4 nitrogen and oxygen atoms in total. The van der Waals surface area contributed by atoms with Crippen molar-refractivity contribution in [3.8, 4) is 11.5 Å². The standard InChI is InChI=1S/C14H16F3NO3.ClH/c1-4-12(19)18(3)9-10-7-6-8-11(13(10)20-5-2)21-14(15,16)17;/h4,6-8H,1,5,9H2,2-3H3;1H. The maximum atomic E-state index is 12.4. The zero-order chi connectivity index (χ0) is 16.0. The van der Waals surface area contributed by atoms with E-state index in [1.807, 2.05) is 0 Å². The summed E-state index contributed by atoms with van der Waals surface area (Å²) in [7, 11) is 1.51. The summed E-state index contributed by atoms with van der Waals surface area (Å²) in [4.78, 5) is 12.8. The van der Waals surface area contributed by atoms with Crippen molar-refractivity contribution in [3.05, 3.63) is 36.4 Å². The van der Waals surface area contributed by atoms with Crippen LogP contribution in [0.5, 0.6) is 11.5 Å². The van der Waals surface area contributed by atoms with Crippen LogP contribution in [0.3, 0.4) is 0 Å². The second kappa shape index (κ2) is 8.53. The van der Waals surface area contributed by atoms with Crippen molar-refractivity contribution in [3.63, 3.8) is 0 Å². The summed E-state index contributed by atoms with van der Waals surface area (Å²) in [6.45, 7) is 5.25. The molecule has 0 atom stereocenters. The number of nitrogens with zero attached hydrogens (tertiary/aromatic N) is 1. The van der Waals surface area contributed by atoms with Crippen LogP contribution in [0.4, 0.5) is 13.2 Å². The van der Waals surface area contributed by atoms with E-state index in [0.29, 0.717) is 5.56 Å². The number of ether oxygens (including phenoxy) is 2. The molecular formula is C14H17ClF3NO3. The van der Waals surface area contributed by atoms with Gasteiger partial charge in [-0.05, 0) is 19.1 Å². The minimum Gasteiger partial charge on any atom is -0.490 e. The van der Waals surface area contributed by atoms with Gasteiger partial charge >= 0.3 is 6.36 Å². The topological polar surface area (TPSA) is 38.8 Å². The van der Waals surface area contributed by atoms with Gasteiger partial charge in [-0.1, -0.05) is 18.7 Å². The number of carbonyl (C=O) groups excluding carboxylic acids is 1. The Morgan fingerprint density at radius 3 is 2.55 bits per heavy atom. The molecule has 0 heterocycles. The number of hydrogen-bond acceptors (Lipinski definition) is 3. The highest BCUT2D eigenvalue weighted by Gasteiger charge is 2.33. The summed E-state index contributed by atoms with van der Waals surface area (Å²) in [5, 5.41) is 0. The highest BCUT2D eigenvalue weighted by Crippen LogP contribution is 2.35. The second-order valence-corrected chi connectivity index (χ2v) is 4.12. The number of alkyl halides is 3. The highest BCUT2D eigenvalue weighted by molar-refractivity contribution is 5.86. The zero-order valence-electron chi connectivity index (χ0n) is 12.1. The van der Waals surface area contributed by atoms with Crippen molar-refractivity contribution < 1.29 is 27.4 Å². The van der Waals surface area contributed by atoms with Crippen LogP contribution < -0.4 is 9.47 Å². The van der Waals surface area contributed by atoms with E-state index in [-0.39, 0.29) is 37.2 Å². The number of rotatable bonds is 6. The van der Waals surface area contributed by atoms with Crippen LogP contribution in [-0.4, -0.2) is 30.8 Å². The Bertz CT molecular complexity index is 521. The molecule has 124 valence electrons. The third-order valence-electron chi connectivity index (χ3n) is 2.53. The number of halogens is 4. The van der Waals surface area contributed by atoms with E-state index in [9.17, 15) is 18.0 Å². The van der Waals surface area contributed by atoms with Gasteiger partial charge in [0.15, 0.2) is 11.5 Å². The van der Waals surface area contributed by atoms with Gasteiger partial charge in [0.25, 0.3) is 0 Å². The van der Waals surface area contributed by atoms with Crippen LogP contribution in [0.2, 0.25) is 0 Å². The van der Waals surface area contributed by atoms with Gasteiger partial charge in [0.1, 0.15) is 0 Å². The molecule has 8 heteroatoms. The van der Waals surface area contributed by atoms with Crippen molar-refractivity contribution in [2.75, 3.05) is 13.7 Å². The molecule has 0 spiro atoms. The lowest BCUT2D eigenvalue weighted by Gasteiger charge is -2.20. The zero-order valence-corrected chi connectivity index (χ0v) is 13.0. The molecule has 0 aromatic heterocycles. The predicted octanol–water partition coefficient (Wildman–Crippen LogP) is 3.55. The lowest BCUT2D eigenvalue weighted by Crippen LogP contribution is -2.24. The van der Waals surface area contributed by atoms with E-state index in [4.69, 9.17) is 4.74 Å². The second-order valence-electron chi connectivity index (χ2n) is 4.12. The lowest BCUT2D eigenvalue weighted by molar-refractivity contribution is -0.275. The van der Waals surface area contributed by atoms with Crippen LogP contribution in [0.1, 0.15) is 12.5 Å². The van der Waals surface area contributed by atoms with E-state index < -0.39 is 12.1 Å². The first-order valence-electron chi connectivity index (χ1n) is 6.16. The van der Waals surface area contributed by atoms with Crippen LogP contribution in [-0.2, 0) is 11.3 Å². The summed E-state index contributed by atoms with van der Waals surface area (Å²) in [5.41, 5.74) is 0.413. The molecule has 0 saturated carbocycles. The Morgan fingerprint density at radius 2 is 2.05 bits per heavy atom. The molecule has 1 aromatic carbocycles. The van der Waals surface area contributed by atoms with Gasteiger partial charge in [-0.3, -0.25) is 4.79 Å². The average Bonchev–Trinajstić information content (AvgIpc) is 2.39. The van der Waals surface area contributed by atoms with E-state index in [2.05, 4.69) is 11.3 Å². The number of carbonyl (C=O) groups is 1. The average molecular weight is 340 g/mol. The minimum atomic E-state index is -4.81. The molecule has 0 N–H and O–H groups in total. The van der Waals surface area contributed by atoms with E-state index in [1.165, 1.54) is 18.0 Å². The molecule has 22 heavy (non-hydrogen) atoms. The smallest absolute Gasteiger partial charge is 0.490 e. The van der Waals surface area contributed by atoms with E-state index >= 15 is 0 Å². The lowest BCUT2D eigenvalue weighted by atomic mass is 10.1. The number of likely N-dealkylation sites (N-methyl/N-ethyl adjacent to an activating group) is 1. The predicted molar refractivity (Wildman–Crippen MR) is 78.2 cm³/mol. The summed E-state index contributed by atoms with van der Waals surface area (Å²) in [6, 6.07) is 4.14. The van der Waals surface area contributed by atoms with E-state index in [0.717, 1.165) is 12.1 Å². The van der Waals surface area contributed by atoms with Gasteiger partial charge in [0, 0.05) is 19.2 Å². The molecule has 0 aliphatic heterocycles. The van der Waals surface area contributed by atoms with Crippen molar-refractivity contribution in [1.29, 1.82) is 0 Å². The summed E-state index contributed by atoms with van der Waals surface area (Å²) in [5.74, 6) is -0.804.